The molecule has 118 valence electrons. The summed E-state index contributed by atoms with van der Waals surface area (Å²) in [7, 11) is 0. The summed E-state index contributed by atoms with van der Waals surface area (Å²) in [6, 6.07) is 4.45. The maximum Gasteiger partial charge on any atom is 0.162 e. The second kappa shape index (κ2) is 7.18. The van der Waals surface area contributed by atoms with Gasteiger partial charge in [-0.25, -0.2) is 0 Å². The Morgan fingerprint density at radius 2 is 1.95 bits per heavy atom. The van der Waals surface area contributed by atoms with Crippen molar-refractivity contribution in [2.24, 2.45) is 11.7 Å². The van der Waals surface area contributed by atoms with Crippen molar-refractivity contribution in [1.29, 1.82) is 0 Å². The van der Waals surface area contributed by atoms with Crippen LogP contribution in [-0.2, 0) is 6.54 Å². The van der Waals surface area contributed by atoms with Crippen LogP contribution in [0.3, 0.4) is 0 Å². The van der Waals surface area contributed by atoms with Gasteiger partial charge in [0.15, 0.2) is 11.5 Å². The van der Waals surface area contributed by atoms with Crippen LogP contribution in [0, 0.1) is 5.92 Å². The third-order valence-electron chi connectivity index (χ3n) is 4.16. The Bertz CT molecular complexity index is 501. The van der Waals surface area contributed by atoms with Crippen LogP contribution in [0.15, 0.2) is 16.6 Å². The number of nitrogens with two attached hydrogens (primary N) is 1. The zero-order chi connectivity index (χ0) is 14.1. The lowest BCUT2D eigenvalue weighted by atomic mass is 9.94. The molecule has 2 unspecified atom stereocenters. The molecule has 3 rings (SSSR count). The number of likely N-dealkylation sites (tertiary alicyclic amines) is 1. The average molecular weight is 378 g/mol. The zero-order valence-electron chi connectivity index (χ0n) is 12.2. The van der Waals surface area contributed by atoms with Crippen molar-refractivity contribution >= 4 is 28.3 Å². The van der Waals surface area contributed by atoms with Crippen molar-refractivity contribution in [2.75, 3.05) is 26.3 Å². The molecule has 0 aromatic heterocycles. The second-order valence-electron chi connectivity index (χ2n) is 5.75. The standard InChI is InChI=1S/C15H21BrN2O2.ClH/c1-10-8-18(3-2-13(10)17)9-11-6-14-15(7-12(11)16)20-5-4-19-14;/h6-7,10,13H,2-5,8-9,17H2,1H3;1H. The van der Waals surface area contributed by atoms with E-state index >= 15 is 0 Å². The fraction of sp³-hybridized carbons (Fsp3) is 0.600. The quantitative estimate of drug-likeness (QED) is 0.861. The van der Waals surface area contributed by atoms with E-state index in [1.54, 1.807) is 0 Å². The van der Waals surface area contributed by atoms with Gasteiger partial charge in [-0.3, -0.25) is 4.90 Å². The van der Waals surface area contributed by atoms with E-state index in [9.17, 15) is 0 Å². The number of piperidine rings is 1. The highest BCUT2D eigenvalue weighted by molar-refractivity contribution is 9.10. The predicted octanol–water partition coefficient (Wildman–Crippen LogP) is 2.81. The number of hydrogen-bond acceptors (Lipinski definition) is 4. The molecule has 0 spiro atoms. The molecule has 2 N–H and O–H groups in total. The van der Waals surface area contributed by atoms with E-state index in [0.29, 0.717) is 25.2 Å². The number of ether oxygens (including phenoxy) is 2. The van der Waals surface area contributed by atoms with Crippen LogP contribution in [0.5, 0.6) is 11.5 Å². The van der Waals surface area contributed by atoms with Crippen LogP contribution in [0.25, 0.3) is 0 Å². The first kappa shape index (κ1) is 16.9. The maximum atomic E-state index is 6.08. The topological polar surface area (TPSA) is 47.7 Å². The lowest BCUT2D eigenvalue weighted by Gasteiger charge is -2.35. The molecule has 0 bridgehead atoms. The Morgan fingerprint density at radius 1 is 1.29 bits per heavy atom. The van der Waals surface area contributed by atoms with Gasteiger partial charge in [-0.05, 0) is 36.6 Å². The molecule has 4 nitrogen and oxygen atoms in total. The fourth-order valence-electron chi connectivity index (χ4n) is 2.86. The van der Waals surface area contributed by atoms with Gasteiger partial charge in [0.1, 0.15) is 13.2 Å². The number of benzene rings is 1. The van der Waals surface area contributed by atoms with E-state index in [-0.39, 0.29) is 12.4 Å². The van der Waals surface area contributed by atoms with Crippen LogP contribution < -0.4 is 15.2 Å². The highest BCUT2D eigenvalue weighted by Crippen LogP contribution is 2.36. The molecule has 1 saturated heterocycles. The van der Waals surface area contributed by atoms with Crippen molar-refractivity contribution in [2.45, 2.75) is 25.9 Å². The maximum absolute atomic E-state index is 6.08. The lowest BCUT2D eigenvalue weighted by molar-refractivity contribution is 0.155. The molecule has 1 aromatic rings. The Hall–Kier alpha value is -0.490. The van der Waals surface area contributed by atoms with Crippen molar-refractivity contribution in [3.05, 3.63) is 22.2 Å². The molecule has 1 fully saturated rings. The summed E-state index contributed by atoms with van der Waals surface area (Å²) < 4.78 is 12.3. The molecule has 2 heterocycles. The van der Waals surface area contributed by atoms with E-state index in [1.165, 1.54) is 5.56 Å². The SMILES string of the molecule is CC1CN(Cc2cc3c(cc2Br)OCCO3)CCC1N.Cl. The predicted molar refractivity (Wildman–Crippen MR) is 89.4 cm³/mol. The fourth-order valence-corrected chi connectivity index (χ4v) is 3.31. The van der Waals surface area contributed by atoms with Crippen LogP contribution in [0.4, 0.5) is 0 Å². The van der Waals surface area contributed by atoms with E-state index in [1.807, 2.05) is 6.07 Å². The summed E-state index contributed by atoms with van der Waals surface area (Å²) >= 11 is 3.64. The van der Waals surface area contributed by atoms with Crippen LogP contribution in [-0.4, -0.2) is 37.2 Å². The molecule has 6 heteroatoms. The molecular weight excluding hydrogens is 356 g/mol. The van der Waals surface area contributed by atoms with Gasteiger partial charge < -0.3 is 15.2 Å². The van der Waals surface area contributed by atoms with Crippen LogP contribution >= 0.6 is 28.3 Å². The highest BCUT2D eigenvalue weighted by Gasteiger charge is 2.24. The minimum Gasteiger partial charge on any atom is -0.486 e. The lowest BCUT2D eigenvalue weighted by Crippen LogP contribution is -2.45. The molecule has 0 aliphatic carbocycles. The molecule has 2 aliphatic heterocycles. The minimum atomic E-state index is 0. The van der Waals surface area contributed by atoms with Gasteiger partial charge in [0.25, 0.3) is 0 Å². The van der Waals surface area contributed by atoms with Crippen molar-refractivity contribution in [3.8, 4) is 11.5 Å². The summed E-state index contributed by atoms with van der Waals surface area (Å²) in [6.07, 6.45) is 1.07. The molecule has 0 saturated carbocycles. The summed E-state index contributed by atoms with van der Waals surface area (Å²) in [4.78, 5) is 2.46. The number of rotatable bonds is 2. The van der Waals surface area contributed by atoms with Gasteiger partial charge in [-0.15, -0.1) is 12.4 Å². The minimum absolute atomic E-state index is 0. The Morgan fingerprint density at radius 3 is 2.62 bits per heavy atom. The van der Waals surface area contributed by atoms with Crippen LogP contribution in [0.2, 0.25) is 0 Å². The molecule has 21 heavy (non-hydrogen) atoms. The molecule has 0 amide bonds. The normalized spacial score (nSPS) is 25.3. The highest BCUT2D eigenvalue weighted by atomic mass is 79.9. The first-order valence-corrected chi connectivity index (χ1v) is 7.99. The zero-order valence-corrected chi connectivity index (χ0v) is 14.6. The van der Waals surface area contributed by atoms with Crippen molar-refractivity contribution < 1.29 is 9.47 Å². The van der Waals surface area contributed by atoms with Gasteiger partial charge >= 0.3 is 0 Å². The Balaban J connectivity index is 0.00000161. The van der Waals surface area contributed by atoms with Gasteiger partial charge in [0, 0.05) is 23.6 Å². The third kappa shape index (κ3) is 3.83. The molecule has 2 aliphatic rings. The van der Waals surface area contributed by atoms with E-state index in [4.69, 9.17) is 15.2 Å². The number of hydrogen-bond donors (Lipinski definition) is 1. The number of halogens is 2. The largest absolute Gasteiger partial charge is 0.486 e. The number of fused-ring (bicyclic) bond motifs is 1. The van der Waals surface area contributed by atoms with Crippen LogP contribution in [0.1, 0.15) is 18.9 Å². The van der Waals surface area contributed by atoms with E-state index in [0.717, 1.165) is 42.0 Å². The van der Waals surface area contributed by atoms with Gasteiger partial charge in [-0.2, -0.15) is 0 Å². The van der Waals surface area contributed by atoms with Crippen molar-refractivity contribution in [1.82, 2.24) is 4.90 Å². The number of nitrogens with zero attached hydrogens (tertiary/aromatic N) is 1. The first-order chi connectivity index (χ1) is 9.63. The summed E-state index contributed by atoms with van der Waals surface area (Å²) in [5.74, 6) is 2.25. The summed E-state index contributed by atoms with van der Waals surface area (Å²) in [5, 5.41) is 0. The average Bonchev–Trinajstić information content (AvgIpc) is 2.44. The second-order valence-corrected chi connectivity index (χ2v) is 6.61. The molecular formula is C15H22BrClN2O2. The monoisotopic (exact) mass is 376 g/mol. The Labute approximate surface area is 140 Å². The van der Waals surface area contributed by atoms with E-state index < -0.39 is 0 Å². The van der Waals surface area contributed by atoms with Crippen molar-refractivity contribution in [3.63, 3.8) is 0 Å². The summed E-state index contributed by atoms with van der Waals surface area (Å²) in [5.41, 5.74) is 7.33. The van der Waals surface area contributed by atoms with Gasteiger partial charge in [0.05, 0.1) is 0 Å². The summed E-state index contributed by atoms with van der Waals surface area (Å²) in [6.45, 7) is 6.53. The van der Waals surface area contributed by atoms with Gasteiger partial charge in [-0.1, -0.05) is 22.9 Å². The molecule has 0 radical (unpaired) electrons. The molecule has 2 atom stereocenters. The first-order valence-electron chi connectivity index (χ1n) is 7.19. The molecule has 1 aromatic carbocycles. The third-order valence-corrected chi connectivity index (χ3v) is 4.90. The van der Waals surface area contributed by atoms with Gasteiger partial charge in [0.2, 0.25) is 0 Å². The van der Waals surface area contributed by atoms with E-state index in [2.05, 4.69) is 33.8 Å². The Kier molecular flexibility index (Phi) is 5.77. The smallest absolute Gasteiger partial charge is 0.162 e.